The Labute approximate surface area is 145 Å². The highest BCUT2D eigenvalue weighted by Crippen LogP contribution is 2.30. The molecule has 0 bridgehead atoms. The SMILES string of the molecule is CCCC(=O)Oc1ccccc1/N=N/c1ccc(NC(C)=O)nc1N. The molecule has 0 atom stereocenters. The van der Waals surface area contributed by atoms with E-state index in [1.165, 1.54) is 6.92 Å². The van der Waals surface area contributed by atoms with Crippen LogP contribution in [0, 0.1) is 0 Å². The highest BCUT2D eigenvalue weighted by atomic mass is 16.5. The third-order valence-corrected chi connectivity index (χ3v) is 3.02. The second-order valence-corrected chi connectivity index (χ2v) is 5.17. The number of amides is 1. The molecule has 2 aromatic rings. The lowest BCUT2D eigenvalue weighted by molar-refractivity contribution is -0.134. The van der Waals surface area contributed by atoms with E-state index in [9.17, 15) is 9.59 Å². The summed E-state index contributed by atoms with van der Waals surface area (Å²) < 4.78 is 5.28. The Morgan fingerprint density at radius 2 is 1.88 bits per heavy atom. The van der Waals surface area contributed by atoms with Crippen molar-refractivity contribution in [3.05, 3.63) is 36.4 Å². The Morgan fingerprint density at radius 3 is 2.56 bits per heavy atom. The van der Waals surface area contributed by atoms with Gasteiger partial charge in [0.1, 0.15) is 17.2 Å². The van der Waals surface area contributed by atoms with Gasteiger partial charge in [-0.15, -0.1) is 10.2 Å². The normalized spacial score (nSPS) is 10.6. The first-order chi connectivity index (χ1) is 12.0. The zero-order valence-electron chi connectivity index (χ0n) is 14.0. The van der Waals surface area contributed by atoms with Crippen LogP contribution in [0.5, 0.6) is 5.75 Å². The summed E-state index contributed by atoms with van der Waals surface area (Å²) in [5.74, 6) is 0.203. The maximum atomic E-state index is 11.7. The zero-order chi connectivity index (χ0) is 18.2. The Morgan fingerprint density at radius 1 is 1.16 bits per heavy atom. The topological polar surface area (TPSA) is 119 Å². The lowest BCUT2D eigenvalue weighted by Crippen LogP contribution is -2.08. The van der Waals surface area contributed by atoms with Gasteiger partial charge in [-0.05, 0) is 30.7 Å². The molecule has 0 saturated heterocycles. The molecule has 0 spiro atoms. The van der Waals surface area contributed by atoms with E-state index in [0.29, 0.717) is 35.8 Å². The number of hydrogen-bond donors (Lipinski definition) is 2. The number of benzene rings is 1. The summed E-state index contributed by atoms with van der Waals surface area (Å²) in [6, 6.07) is 9.97. The fraction of sp³-hybridized carbons (Fsp3) is 0.235. The summed E-state index contributed by atoms with van der Waals surface area (Å²) in [4.78, 5) is 26.7. The number of azo groups is 1. The van der Waals surface area contributed by atoms with Gasteiger partial charge in [0.05, 0.1) is 0 Å². The number of para-hydroxylation sites is 1. The van der Waals surface area contributed by atoms with Crippen LogP contribution < -0.4 is 15.8 Å². The van der Waals surface area contributed by atoms with Crippen molar-refractivity contribution >= 4 is 34.9 Å². The van der Waals surface area contributed by atoms with Crippen molar-refractivity contribution in [3.63, 3.8) is 0 Å². The molecule has 8 nitrogen and oxygen atoms in total. The van der Waals surface area contributed by atoms with Gasteiger partial charge in [0, 0.05) is 13.3 Å². The monoisotopic (exact) mass is 341 g/mol. The minimum absolute atomic E-state index is 0.121. The second-order valence-electron chi connectivity index (χ2n) is 5.17. The lowest BCUT2D eigenvalue weighted by atomic mass is 10.3. The summed E-state index contributed by atoms with van der Waals surface area (Å²) >= 11 is 0. The molecule has 0 saturated carbocycles. The molecule has 0 aliphatic rings. The number of anilines is 2. The third-order valence-electron chi connectivity index (χ3n) is 3.02. The molecular weight excluding hydrogens is 322 g/mol. The van der Waals surface area contributed by atoms with E-state index in [2.05, 4.69) is 20.5 Å². The summed E-state index contributed by atoms with van der Waals surface area (Å²) in [6.45, 7) is 3.27. The average Bonchev–Trinajstić information content (AvgIpc) is 2.55. The zero-order valence-corrected chi connectivity index (χ0v) is 14.0. The number of esters is 1. The van der Waals surface area contributed by atoms with Crippen LogP contribution in [0.25, 0.3) is 0 Å². The molecule has 3 N–H and O–H groups in total. The number of aromatic nitrogens is 1. The molecule has 0 aliphatic carbocycles. The van der Waals surface area contributed by atoms with Gasteiger partial charge < -0.3 is 15.8 Å². The van der Waals surface area contributed by atoms with Crippen LogP contribution in [-0.2, 0) is 9.59 Å². The van der Waals surface area contributed by atoms with E-state index < -0.39 is 0 Å². The fourth-order valence-electron chi connectivity index (χ4n) is 1.91. The minimum Gasteiger partial charge on any atom is -0.424 e. The first-order valence-electron chi connectivity index (χ1n) is 7.75. The number of pyridine rings is 1. The first-order valence-corrected chi connectivity index (χ1v) is 7.75. The number of ether oxygens (including phenoxy) is 1. The van der Waals surface area contributed by atoms with Crippen molar-refractivity contribution in [2.75, 3.05) is 11.1 Å². The van der Waals surface area contributed by atoms with Gasteiger partial charge in [-0.2, -0.15) is 0 Å². The lowest BCUT2D eigenvalue weighted by Gasteiger charge is -2.06. The van der Waals surface area contributed by atoms with E-state index in [1.54, 1.807) is 36.4 Å². The molecule has 0 fully saturated rings. The van der Waals surface area contributed by atoms with Crippen molar-refractivity contribution in [1.82, 2.24) is 4.98 Å². The summed E-state index contributed by atoms with van der Waals surface area (Å²) in [7, 11) is 0. The highest BCUT2D eigenvalue weighted by Gasteiger charge is 2.08. The van der Waals surface area contributed by atoms with Crippen LogP contribution in [0.15, 0.2) is 46.6 Å². The van der Waals surface area contributed by atoms with Gasteiger partial charge in [0.15, 0.2) is 11.6 Å². The van der Waals surface area contributed by atoms with Gasteiger partial charge in [0.2, 0.25) is 5.91 Å². The molecule has 1 heterocycles. The number of nitrogen functional groups attached to an aromatic ring is 1. The van der Waals surface area contributed by atoms with Crippen molar-refractivity contribution in [2.45, 2.75) is 26.7 Å². The molecule has 0 unspecified atom stereocenters. The molecular formula is C17H19N5O3. The van der Waals surface area contributed by atoms with Crippen LogP contribution >= 0.6 is 0 Å². The number of rotatable bonds is 6. The molecule has 8 heteroatoms. The Balaban J connectivity index is 2.19. The molecule has 1 amide bonds. The maximum absolute atomic E-state index is 11.7. The van der Waals surface area contributed by atoms with E-state index in [1.807, 2.05) is 6.92 Å². The average molecular weight is 341 g/mol. The molecule has 0 radical (unpaired) electrons. The first kappa shape index (κ1) is 18.1. The number of nitrogens with two attached hydrogens (primary N) is 1. The number of hydrogen-bond acceptors (Lipinski definition) is 7. The molecule has 0 aliphatic heterocycles. The largest absolute Gasteiger partial charge is 0.424 e. The van der Waals surface area contributed by atoms with E-state index in [-0.39, 0.29) is 17.7 Å². The van der Waals surface area contributed by atoms with Crippen molar-refractivity contribution < 1.29 is 14.3 Å². The minimum atomic E-state index is -0.328. The maximum Gasteiger partial charge on any atom is 0.311 e. The highest BCUT2D eigenvalue weighted by molar-refractivity contribution is 5.88. The van der Waals surface area contributed by atoms with Crippen molar-refractivity contribution in [3.8, 4) is 5.75 Å². The number of carbonyl (C=O) groups is 2. The molecule has 25 heavy (non-hydrogen) atoms. The Bertz CT molecular complexity index is 805. The number of nitrogens with one attached hydrogen (secondary N) is 1. The van der Waals surface area contributed by atoms with Gasteiger partial charge >= 0.3 is 5.97 Å². The van der Waals surface area contributed by atoms with Gasteiger partial charge in [-0.1, -0.05) is 19.1 Å². The third kappa shape index (κ3) is 5.38. The summed E-state index contributed by atoms with van der Waals surface area (Å²) in [6.07, 6.45) is 1.03. The summed E-state index contributed by atoms with van der Waals surface area (Å²) in [5.41, 5.74) is 6.56. The quantitative estimate of drug-likeness (QED) is 0.471. The van der Waals surface area contributed by atoms with Gasteiger partial charge in [0.25, 0.3) is 0 Å². The molecule has 130 valence electrons. The van der Waals surface area contributed by atoms with E-state index in [4.69, 9.17) is 10.5 Å². The predicted octanol–water partition coefficient (Wildman–Crippen LogP) is 3.74. The van der Waals surface area contributed by atoms with Crippen LogP contribution in [0.2, 0.25) is 0 Å². The predicted molar refractivity (Wildman–Crippen MR) is 94.1 cm³/mol. The second kappa shape index (κ2) is 8.53. The standard InChI is InChI=1S/C17H19N5O3/c1-3-6-16(24)25-14-8-5-4-7-12(14)21-22-13-9-10-15(19-11(2)23)20-17(13)18/h4-5,7-10H,3,6H2,1-2H3,(H3,18,19,20,23)/b22-21+. The molecule has 2 rings (SSSR count). The van der Waals surface area contributed by atoms with Crippen LogP contribution in [0.4, 0.5) is 23.0 Å². The van der Waals surface area contributed by atoms with Crippen molar-refractivity contribution in [1.29, 1.82) is 0 Å². The van der Waals surface area contributed by atoms with Crippen LogP contribution in [0.3, 0.4) is 0 Å². The molecule has 1 aromatic carbocycles. The fourth-order valence-corrected chi connectivity index (χ4v) is 1.91. The summed E-state index contributed by atoms with van der Waals surface area (Å²) in [5, 5.41) is 10.7. The molecule has 1 aromatic heterocycles. The van der Waals surface area contributed by atoms with Gasteiger partial charge in [-0.25, -0.2) is 4.98 Å². The van der Waals surface area contributed by atoms with Crippen LogP contribution in [0.1, 0.15) is 26.7 Å². The van der Waals surface area contributed by atoms with Crippen LogP contribution in [-0.4, -0.2) is 16.9 Å². The van der Waals surface area contributed by atoms with Gasteiger partial charge in [-0.3, -0.25) is 9.59 Å². The van der Waals surface area contributed by atoms with E-state index in [0.717, 1.165) is 0 Å². The van der Waals surface area contributed by atoms with Crippen molar-refractivity contribution in [2.24, 2.45) is 10.2 Å². The smallest absolute Gasteiger partial charge is 0.311 e. The number of carbonyl (C=O) groups excluding carboxylic acids is 2. The Kier molecular flexibility index (Phi) is 6.16. The Hall–Kier alpha value is -3.29. The number of nitrogens with zero attached hydrogens (tertiary/aromatic N) is 3. The van der Waals surface area contributed by atoms with E-state index >= 15 is 0 Å².